The van der Waals surface area contributed by atoms with E-state index in [9.17, 15) is 14.4 Å². The Morgan fingerprint density at radius 2 is 1.97 bits per heavy atom. The van der Waals surface area contributed by atoms with E-state index in [4.69, 9.17) is 4.74 Å². The molecule has 0 aliphatic carbocycles. The number of ether oxygens (including phenoxy) is 1. The topological polar surface area (TPSA) is 79.0 Å². The number of benzene rings is 1. The van der Waals surface area contributed by atoms with Crippen molar-refractivity contribution in [3.8, 4) is 5.75 Å². The molecule has 1 saturated heterocycles. The lowest BCUT2D eigenvalue weighted by molar-refractivity contribution is -0.132. The normalized spacial score (nSPS) is 16.2. The van der Waals surface area contributed by atoms with Crippen molar-refractivity contribution in [1.29, 1.82) is 0 Å². The molecule has 0 spiro atoms. The zero-order valence-electron chi connectivity index (χ0n) is 16.1. The first-order valence-electron chi connectivity index (χ1n) is 9.77. The first-order chi connectivity index (χ1) is 14.1. The summed E-state index contributed by atoms with van der Waals surface area (Å²) in [5.41, 5.74) is 1.08. The number of rotatable bonds is 5. The Labute approximate surface area is 173 Å². The van der Waals surface area contributed by atoms with Gasteiger partial charge in [-0.1, -0.05) is 6.07 Å². The number of hydrogen-bond acceptors (Lipinski definition) is 5. The molecule has 0 bridgehead atoms. The van der Waals surface area contributed by atoms with Crippen LogP contribution in [0.2, 0.25) is 0 Å². The number of thiophene rings is 1. The van der Waals surface area contributed by atoms with Crippen molar-refractivity contribution in [1.82, 2.24) is 4.90 Å². The number of likely N-dealkylation sites (tertiary alicyclic amines) is 1. The van der Waals surface area contributed by atoms with Crippen LogP contribution in [0.5, 0.6) is 5.75 Å². The highest BCUT2D eigenvalue weighted by atomic mass is 32.1. The number of amides is 3. The molecule has 1 aromatic heterocycles. The fourth-order valence-electron chi connectivity index (χ4n) is 3.61. The molecule has 0 radical (unpaired) electrons. The van der Waals surface area contributed by atoms with Crippen LogP contribution in [0.4, 0.5) is 11.4 Å². The highest BCUT2D eigenvalue weighted by Gasteiger charge is 2.29. The van der Waals surface area contributed by atoms with Gasteiger partial charge in [-0.15, -0.1) is 11.3 Å². The van der Waals surface area contributed by atoms with Gasteiger partial charge in [0, 0.05) is 23.7 Å². The maximum absolute atomic E-state index is 12.7. The van der Waals surface area contributed by atoms with Crippen molar-refractivity contribution < 1.29 is 19.1 Å². The number of carbonyl (C=O) groups is 3. The van der Waals surface area contributed by atoms with E-state index in [2.05, 4.69) is 5.32 Å². The zero-order chi connectivity index (χ0) is 20.2. The summed E-state index contributed by atoms with van der Waals surface area (Å²) in [5.74, 6) is 0.0849. The molecule has 2 aromatic rings. The van der Waals surface area contributed by atoms with Gasteiger partial charge in [-0.2, -0.15) is 0 Å². The third-order valence-electron chi connectivity index (χ3n) is 5.10. The fraction of sp³-hybridized carbons (Fsp3) is 0.381. The van der Waals surface area contributed by atoms with Crippen LogP contribution in [0, 0.1) is 0 Å². The maximum Gasteiger partial charge on any atom is 0.265 e. The van der Waals surface area contributed by atoms with Crippen molar-refractivity contribution in [2.75, 3.05) is 36.5 Å². The van der Waals surface area contributed by atoms with Crippen LogP contribution in [0.25, 0.3) is 0 Å². The Hall–Kier alpha value is -2.87. The third-order valence-corrected chi connectivity index (χ3v) is 5.98. The van der Waals surface area contributed by atoms with Crippen LogP contribution in [-0.2, 0) is 20.8 Å². The fourth-order valence-corrected chi connectivity index (χ4v) is 4.31. The maximum atomic E-state index is 12.7. The molecule has 1 fully saturated rings. The zero-order valence-corrected chi connectivity index (χ0v) is 16.9. The summed E-state index contributed by atoms with van der Waals surface area (Å²) in [6, 6.07) is 8.98. The van der Waals surface area contributed by atoms with Crippen LogP contribution in [0.1, 0.15) is 24.1 Å². The monoisotopic (exact) mass is 413 g/mol. The summed E-state index contributed by atoms with van der Waals surface area (Å²) in [4.78, 5) is 41.7. The lowest BCUT2D eigenvalue weighted by atomic mass is 10.1. The predicted molar refractivity (Wildman–Crippen MR) is 111 cm³/mol. The van der Waals surface area contributed by atoms with Gasteiger partial charge in [-0.3, -0.25) is 19.3 Å². The van der Waals surface area contributed by atoms with E-state index in [0.717, 1.165) is 37.2 Å². The number of hydrogen-bond donors (Lipinski definition) is 1. The van der Waals surface area contributed by atoms with E-state index in [-0.39, 0.29) is 30.9 Å². The summed E-state index contributed by atoms with van der Waals surface area (Å²) in [5, 5.41) is 4.79. The van der Waals surface area contributed by atoms with E-state index < -0.39 is 0 Å². The molecule has 0 unspecified atom stereocenters. The second-order valence-electron chi connectivity index (χ2n) is 7.20. The van der Waals surface area contributed by atoms with Gasteiger partial charge in [0.2, 0.25) is 11.8 Å². The number of piperidine rings is 1. The number of fused-ring (bicyclic) bond motifs is 1. The summed E-state index contributed by atoms with van der Waals surface area (Å²) in [6.45, 7) is 1.37. The lowest BCUT2D eigenvalue weighted by Crippen LogP contribution is -2.47. The van der Waals surface area contributed by atoms with E-state index in [1.807, 2.05) is 22.4 Å². The lowest BCUT2D eigenvalue weighted by Gasteiger charge is -2.33. The Morgan fingerprint density at radius 1 is 1.14 bits per heavy atom. The number of nitrogens with zero attached hydrogens (tertiary/aromatic N) is 2. The number of nitrogens with one attached hydrogen (secondary N) is 1. The summed E-state index contributed by atoms with van der Waals surface area (Å²) in [7, 11) is 0. The Morgan fingerprint density at radius 3 is 2.72 bits per heavy atom. The number of carbonyl (C=O) groups excluding carboxylic acids is 3. The molecule has 8 heteroatoms. The SMILES string of the molecule is O=C(Cc1cccs1)Nc1ccc2c(c1)N(CC(=O)N1CCCCC1)C(=O)CO2. The van der Waals surface area contributed by atoms with Crippen LogP contribution >= 0.6 is 11.3 Å². The molecule has 2 aliphatic rings. The van der Waals surface area contributed by atoms with Gasteiger partial charge >= 0.3 is 0 Å². The van der Waals surface area contributed by atoms with Gasteiger partial charge in [-0.25, -0.2) is 0 Å². The van der Waals surface area contributed by atoms with Crippen molar-refractivity contribution in [2.45, 2.75) is 25.7 Å². The molecule has 7 nitrogen and oxygen atoms in total. The largest absolute Gasteiger partial charge is 0.482 e. The smallest absolute Gasteiger partial charge is 0.265 e. The minimum atomic E-state index is -0.259. The molecule has 0 atom stereocenters. The second-order valence-corrected chi connectivity index (χ2v) is 8.23. The Bertz CT molecular complexity index is 907. The van der Waals surface area contributed by atoms with Gasteiger partial charge in [-0.05, 0) is 48.9 Å². The Kier molecular flexibility index (Phi) is 5.80. The highest BCUT2D eigenvalue weighted by Crippen LogP contribution is 2.34. The average molecular weight is 413 g/mol. The predicted octanol–water partition coefficient (Wildman–Crippen LogP) is 2.67. The van der Waals surface area contributed by atoms with Gasteiger partial charge in [0.15, 0.2) is 6.61 Å². The van der Waals surface area contributed by atoms with Crippen molar-refractivity contribution in [3.63, 3.8) is 0 Å². The van der Waals surface area contributed by atoms with E-state index in [1.54, 1.807) is 18.2 Å². The van der Waals surface area contributed by atoms with Crippen molar-refractivity contribution in [3.05, 3.63) is 40.6 Å². The van der Waals surface area contributed by atoms with Crippen LogP contribution < -0.4 is 15.0 Å². The number of anilines is 2. The third kappa shape index (κ3) is 4.59. The molecular formula is C21H23N3O4S. The van der Waals surface area contributed by atoms with Crippen LogP contribution in [-0.4, -0.2) is 48.9 Å². The minimum absolute atomic E-state index is 0.0121. The summed E-state index contributed by atoms with van der Waals surface area (Å²) < 4.78 is 5.51. The standard InChI is InChI=1S/C21H23N3O4S/c25-19(12-16-5-4-10-29-16)22-15-6-7-18-17(11-15)24(21(27)14-28-18)13-20(26)23-8-2-1-3-9-23/h4-7,10-11H,1-3,8-9,12-14H2,(H,22,25). The summed E-state index contributed by atoms with van der Waals surface area (Å²) in [6.07, 6.45) is 3.43. The van der Waals surface area contributed by atoms with E-state index >= 15 is 0 Å². The second kappa shape index (κ2) is 8.65. The van der Waals surface area contributed by atoms with Gasteiger partial charge in [0.05, 0.1) is 12.1 Å². The molecule has 1 N–H and O–H groups in total. The van der Waals surface area contributed by atoms with Crippen LogP contribution in [0.15, 0.2) is 35.7 Å². The molecule has 152 valence electrons. The van der Waals surface area contributed by atoms with Gasteiger partial charge < -0.3 is 15.0 Å². The van der Waals surface area contributed by atoms with Crippen LogP contribution in [0.3, 0.4) is 0 Å². The Balaban J connectivity index is 1.48. The van der Waals surface area contributed by atoms with E-state index in [0.29, 0.717) is 23.5 Å². The first-order valence-corrected chi connectivity index (χ1v) is 10.7. The molecule has 3 amide bonds. The average Bonchev–Trinajstić information content (AvgIpc) is 3.23. The van der Waals surface area contributed by atoms with Crippen molar-refractivity contribution in [2.24, 2.45) is 0 Å². The van der Waals surface area contributed by atoms with Gasteiger partial charge in [0.25, 0.3) is 5.91 Å². The molecule has 29 heavy (non-hydrogen) atoms. The molecule has 3 heterocycles. The molecule has 4 rings (SSSR count). The molecule has 2 aliphatic heterocycles. The quantitative estimate of drug-likeness (QED) is 0.817. The molecule has 0 saturated carbocycles. The van der Waals surface area contributed by atoms with Crippen molar-refractivity contribution >= 4 is 40.4 Å². The molecule has 1 aromatic carbocycles. The minimum Gasteiger partial charge on any atom is -0.482 e. The molecular weight excluding hydrogens is 390 g/mol. The van der Waals surface area contributed by atoms with Gasteiger partial charge in [0.1, 0.15) is 12.3 Å². The van der Waals surface area contributed by atoms with E-state index in [1.165, 1.54) is 16.2 Å². The first kappa shape index (κ1) is 19.4. The summed E-state index contributed by atoms with van der Waals surface area (Å²) >= 11 is 1.53. The highest BCUT2D eigenvalue weighted by molar-refractivity contribution is 7.10.